The van der Waals surface area contributed by atoms with E-state index in [0.29, 0.717) is 32.9 Å². The van der Waals surface area contributed by atoms with Crippen LogP contribution in [-0.2, 0) is 6.61 Å². The van der Waals surface area contributed by atoms with Crippen LogP contribution in [0.2, 0.25) is 10.0 Å². The van der Waals surface area contributed by atoms with Gasteiger partial charge in [-0.1, -0.05) is 35.3 Å². The van der Waals surface area contributed by atoms with Gasteiger partial charge in [-0.2, -0.15) is 5.26 Å². The number of ether oxygens (including phenoxy) is 3. The summed E-state index contributed by atoms with van der Waals surface area (Å²) in [4.78, 5) is 0. The van der Waals surface area contributed by atoms with E-state index in [1.807, 2.05) is 6.07 Å². The summed E-state index contributed by atoms with van der Waals surface area (Å²) >= 11 is 14.4. The molecule has 9 heteroatoms. The van der Waals surface area contributed by atoms with Crippen LogP contribution in [0.4, 0.5) is 0 Å². The minimum absolute atomic E-state index is 0.00715. The quantitative estimate of drug-likeness (QED) is 0.346. The van der Waals surface area contributed by atoms with E-state index in [9.17, 15) is 10.4 Å². The molecule has 3 aromatic rings. The Morgan fingerprint density at radius 2 is 1.97 bits per heavy atom. The summed E-state index contributed by atoms with van der Waals surface area (Å²) in [5.74, 6) is 0.959. The number of phenolic OH excluding ortho intramolecular Hbond substituents is 1. The molecule has 0 saturated heterocycles. The van der Waals surface area contributed by atoms with Crippen molar-refractivity contribution >= 4 is 45.8 Å². The molecule has 4 rings (SSSR count). The van der Waals surface area contributed by atoms with Crippen molar-refractivity contribution in [2.24, 2.45) is 5.73 Å². The Bertz CT molecular complexity index is 1320. The van der Waals surface area contributed by atoms with Gasteiger partial charge in [0.25, 0.3) is 0 Å². The lowest BCUT2D eigenvalue weighted by Gasteiger charge is -2.27. The van der Waals surface area contributed by atoms with Crippen LogP contribution in [-0.4, -0.2) is 12.2 Å². The van der Waals surface area contributed by atoms with Crippen molar-refractivity contribution in [1.82, 2.24) is 0 Å². The van der Waals surface area contributed by atoms with Gasteiger partial charge in [-0.05, 0) is 58.5 Å². The molecule has 0 fully saturated rings. The smallest absolute Gasteiger partial charge is 0.205 e. The fourth-order valence-corrected chi connectivity index (χ4v) is 4.87. The molecule has 33 heavy (non-hydrogen) atoms. The molecule has 0 aromatic heterocycles. The number of halogens is 3. The lowest BCUT2D eigenvalue weighted by Crippen LogP contribution is -2.21. The summed E-state index contributed by atoms with van der Waals surface area (Å²) in [6, 6.07) is 15.8. The number of aromatic hydroxyl groups is 1. The van der Waals surface area contributed by atoms with Crippen molar-refractivity contribution in [3.05, 3.63) is 90.3 Å². The summed E-state index contributed by atoms with van der Waals surface area (Å²) in [5.41, 5.74) is 8.56. The molecule has 1 atom stereocenters. The highest BCUT2D eigenvalue weighted by molar-refractivity contribution is 14.1. The summed E-state index contributed by atoms with van der Waals surface area (Å²) in [6.07, 6.45) is 0. The summed E-state index contributed by atoms with van der Waals surface area (Å²) in [5, 5.41) is 20.7. The van der Waals surface area contributed by atoms with Gasteiger partial charge in [0.15, 0.2) is 11.5 Å². The largest absolute Gasteiger partial charge is 0.508 e. The standard InChI is InChI=1S/C24H17Cl2IN2O4/c1-31-21-7-13(6-19(27)23(21)32-11-12-2-3-14(25)8-18(12)26)22-16-5-4-15(30)9-20(16)33-24(29)17(22)10-28/h2-9,22,30H,11,29H2,1H3/t22-/m1/s1. The highest BCUT2D eigenvalue weighted by Gasteiger charge is 2.32. The van der Waals surface area contributed by atoms with Gasteiger partial charge in [-0.15, -0.1) is 0 Å². The first-order chi connectivity index (χ1) is 15.8. The van der Waals surface area contributed by atoms with Crippen LogP contribution in [0.3, 0.4) is 0 Å². The number of phenols is 1. The van der Waals surface area contributed by atoms with Crippen LogP contribution in [0.1, 0.15) is 22.6 Å². The first kappa shape index (κ1) is 23.4. The van der Waals surface area contributed by atoms with Gasteiger partial charge in [0.1, 0.15) is 29.7 Å². The maximum Gasteiger partial charge on any atom is 0.205 e. The van der Waals surface area contributed by atoms with E-state index in [4.69, 9.17) is 43.1 Å². The minimum Gasteiger partial charge on any atom is -0.508 e. The predicted molar refractivity (Wildman–Crippen MR) is 134 cm³/mol. The van der Waals surface area contributed by atoms with E-state index in [2.05, 4.69) is 28.7 Å². The van der Waals surface area contributed by atoms with Gasteiger partial charge >= 0.3 is 0 Å². The Labute approximate surface area is 214 Å². The Balaban J connectivity index is 1.74. The van der Waals surface area contributed by atoms with E-state index in [1.54, 1.807) is 43.5 Å². The second-order valence-corrected chi connectivity index (χ2v) is 9.21. The van der Waals surface area contributed by atoms with Crippen LogP contribution in [0.15, 0.2) is 60.0 Å². The van der Waals surface area contributed by atoms with Crippen LogP contribution < -0.4 is 19.9 Å². The van der Waals surface area contributed by atoms with Crippen LogP contribution in [0.5, 0.6) is 23.0 Å². The molecule has 0 unspecified atom stereocenters. The molecule has 3 N–H and O–H groups in total. The molecule has 0 radical (unpaired) electrons. The van der Waals surface area contributed by atoms with Crippen molar-refractivity contribution in [3.63, 3.8) is 0 Å². The van der Waals surface area contributed by atoms with Crippen molar-refractivity contribution in [2.75, 3.05) is 7.11 Å². The maximum atomic E-state index is 9.85. The molecule has 6 nitrogen and oxygen atoms in total. The monoisotopic (exact) mass is 594 g/mol. The van der Waals surface area contributed by atoms with E-state index in [0.717, 1.165) is 14.7 Å². The zero-order chi connectivity index (χ0) is 23.7. The van der Waals surface area contributed by atoms with Crippen molar-refractivity contribution in [1.29, 1.82) is 5.26 Å². The zero-order valence-electron chi connectivity index (χ0n) is 17.2. The lowest BCUT2D eigenvalue weighted by atomic mass is 9.83. The number of rotatable bonds is 5. The van der Waals surface area contributed by atoms with Gasteiger partial charge in [-0.25, -0.2) is 0 Å². The third-order valence-corrected chi connectivity index (χ3v) is 6.56. The third kappa shape index (κ3) is 4.64. The van der Waals surface area contributed by atoms with Gasteiger partial charge in [-0.3, -0.25) is 0 Å². The Morgan fingerprint density at radius 1 is 1.18 bits per heavy atom. The number of fused-ring (bicyclic) bond motifs is 1. The molecule has 1 aliphatic rings. The zero-order valence-corrected chi connectivity index (χ0v) is 20.9. The molecule has 3 aromatic carbocycles. The topological polar surface area (TPSA) is 97.7 Å². The number of nitriles is 1. The van der Waals surface area contributed by atoms with Crippen molar-refractivity contribution in [2.45, 2.75) is 12.5 Å². The number of nitrogens with two attached hydrogens (primary N) is 1. The fraction of sp³-hybridized carbons (Fsp3) is 0.125. The minimum atomic E-state index is -0.499. The van der Waals surface area contributed by atoms with Gasteiger partial charge in [0, 0.05) is 27.2 Å². The average Bonchev–Trinajstić information content (AvgIpc) is 2.77. The van der Waals surface area contributed by atoms with Gasteiger partial charge < -0.3 is 25.1 Å². The maximum absolute atomic E-state index is 9.85. The number of benzene rings is 3. The van der Waals surface area contributed by atoms with E-state index >= 15 is 0 Å². The highest BCUT2D eigenvalue weighted by atomic mass is 127. The fourth-order valence-electron chi connectivity index (χ4n) is 3.62. The third-order valence-electron chi connectivity index (χ3n) is 5.17. The molecule has 0 amide bonds. The van der Waals surface area contributed by atoms with Crippen LogP contribution in [0, 0.1) is 14.9 Å². The van der Waals surface area contributed by atoms with Crippen molar-refractivity contribution < 1.29 is 19.3 Å². The number of methoxy groups -OCH3 is 1. The number of hydrogen-bond donors (Lipinski definition) is 2. The van der Waals surface area contributed by atoms with Crippen LogP contribution >= 0.6 is 45.8 Å². The first-order valence-electron chi connectivity index (χ1n) is 9.67. The molecular formula is C24H17Cl2IN2O4. The van der Waals surface area contributed by atoms with Gasteiger partial charge in [0.05, 0.1) is 16.6 Å². The number of nitrogens with zero attached hydrogens (tertiary/aromatic N) is 1. The van der Waals surface area contributed by atoms with E-state index in [-0.39, 0.29) is 23.8 Å². The number of allylic oxidation sites excluding steroid dienone is 1. The highest BCUT2D eigenvalue weighted by Crippen LogP contribution is 2.46. The van der Waals surface area contributed by atoms with E-state index < -0.39 is 5.92 Å². The summed E-state index contributed by atoms with van der Waals surface area (Å²) in [6.45, 7) is 0.220. The average molecular weight is 595 g/mol. The Kier molecular flexibility index (Phi) is 6.79. The Morgan fingerprint density at radius 3 is 2.67 bits per heavy atom. The molecular weight excluding hydrogens is 578 g/mol. The second kappa shape index (κ2) is 9.59. The normalized spacial score (nSPS) is 14.8. The molecule has 168 valence electrons. The molecule has 1 aliphatic heterocycles. The van der Waals surface area contributed by atoms with Crippen LogP contribution in [0.25, 0.3) is 0 Å². The molecule has 1 heterocycles. The molecule has 0 saturated carbocycles. The molecule has 0 bridgehead atoms. The molecule has 0 aliphatic carbocycles. The SMILES string of the molecule is COc1cc([C@H]2C(C#N)=C(N)Oc3cc(O)ccc32)cc(I)c1OCc1ccc(Cl)cc1Cl. The summed E-state index contributed by atoms with van der Waals surface area (Å²) in [7, 11) is 1.54. The van der Waals surface area contributed by atoms with Crippen molar-refractivity contribution in [3.8, 4) is 29.1 Å². The van der Waals surface area contributed by atoms with E-state index in [1.165, 1.54) is 6.07 Å². The van der Waals surface area contributed by atoms with Gasteiger partial charge in [0.2, 0.25) is 5.88 Å². The molecule has 0 spiro atoms. The predicted octanol–water partition coefficient (Wildman–Crippen LogP) is 6.11. The number of hydrogen-bond acceptors (Lipinski definition) is 6. The second-order valence-electron chi connectivity index (χ2n) is 7.21. The Hall–Kier alpha value is -2.80. The summed E-state index contributed by atoms with van der Waals surface area (Å²) < 4.78 is 18.0. The lowest BCUT2D eigenvalue weighted by molar-refractivity contribution is 0.282. The first-order valence-corrected chi connectivity index (χ1v) is 11.5.